The highest BCUT2D eigenvalue weighted by Gasteiger charge is 2.17. The van der Waals surface area contributed by atoms with Crippen LogP contribution in [-0.4, -0.2) is 48.4 Å². The molecule has 90 valence electrons. The molecule has 0 aliphatic heterocycles. The topological polar surface area (TPSA) is 105 Å². The fourth-order valence-electron chi connectivity index (χ4n) is 1.00. The van der Waals surface area contributed by atoms with Crippen LogP contribution in [0.4, 0.5) is 0 Å². The molecule has 8 nitrogen and oxygen atoms in total. The summed E-state index contributed by atoms with van der Waals surface area (Å²) < 4.78 is 24.2. The summed E-state index contributed by atoms with van der Waals surface area (Å²) in [7, 11) is -0.621. The maximum atomic E-state index is 11.6. The van der Waals surface area contributed by atoms with Gasteiger partial charge in [-0.15, -0.1) is 4.83 Å². The molecule has 1 rings (SSSR count). The molecule has 0 atom stereocenters. The second-order valence-electron chi connectivity index (χ2n) is 3.26. The lowest BCUT2D eigenvalue weighted by Crippen LogP contribution is -2.35. The molecule has 9 heteroatoms. The molecule has 1 heterocycles. The molecule has 0 radical (unpaired) electrons. The Hall–Kier alpha value is -1.45. The Labute approximate surface area is 92.5 Å². The van der Waals surface area contributed by atoms with E-state index >= 15 is 0 Å². The van der Waals surface area contributed by atoms with Crippen LogP contribution < -0.4 is 4.83 Å². The Balaban J connectivity index is 2.89. The first kappa shape index (κ1) is 12.6. The minimum atomic E-state index is -3.67. The molecule has 0 aliphatic carbocycles. The van der Waals surface area contributed by atoms with Crippen LogP contribution in [0.2, 0.25) is 0 Å². The van der Waals surface area contributed by atoms with Crippen molar-refractivity contribution < 1.29 is 18.3 Å². The molecule has 1 aromatic heterocycles. The minimum absolute atomic E-state index is 0.0811. The van der Waals surface area contributed by atoms with Crippen LogP contribution in [0.3, 0.4) is 0 Å². The summed E-state index contributed by atoms with van der Waals surface area (Å²) in [6.45, 7) is -0.377. The highest BCUT2D eigenvalue weighted by molar-refractivity contribution is 7.89. The van der Waals surface area contributed by atoms with Gasteiger partial charge in [0.2, 0.25) is 0 Å². The largest absolute Gasteiger partial charge is 0.480 e. The van der Waals surface area contributed by atoms with E-state index in [9.17, 15) is 13.2 Å². The molecule has 1 aromatic rings. The van der Waals surface area contributed by atoms with Gasteiger partial charge < -0.3 is 5.11 Å². The summed E-state index contributed by atoms with van der Waals surface area (Å²) in [5.74, 6) is -1.09. The third kappa shape index (κ3) is 3.29. The Bertz CT molecular complexity index is 478. The first-order valence-corrected chi connectivity index (χ1v) is 5.73. The smallest absolute Gasteiger partial charge is 0.325 e. The number of hydrazine groups is 1. The van der Waals surface area contributed by atoms with Crippen molar-refractivity contribution in [2.75, 3.05) is 14.1 Å². The molecule has 0 spiro atoms. The normalized spacial score (nSPS) is 11.9. The number of nitrogens with zero attached hydrogens (tertiary/aromatic N) is 3. The zero-order chi connectivity index (χ0) is 12.3. The molecule has 0 saturated heterocycles. The van der Waals surface area contributed by atoms with Gasteiger partial charge in [-0.05, 0) is 0 Å². The van der Waals surface area contributed by atoms with E-state index in [0.29, 0.717) is 0 Å². The van der Waals surface area contributed by atoms with E-state index in [0.717, 1.165) is 17.1 Å². The van der Waals surface area contributed by atoms with E-state index in [4.69, 9.17) is 5.11 Å². The lowest BCUT2D eigenvalue weighted by molar-refractivity contribution is -0.137. The quantitative estimate of drug-likeness (QED) is 0.629. The van der Waals surface area contributed by atoms with Crippen molar-refractivity contribution in [3.63, 3.8) is 0 Å². The van der Waals surface area contributed by atoms with Gasteiger partial charge in [-0.25, -0.2) is 13.4 Å². The summed E-state index contributed by atoms with van der Waals surface area (Å²) in [6, 6.07) is 0. The molecule has 0 saturated carbocycles. The Morgan fingerprint density at radius 3 is 2.75 bits per heavy atom. The Morgan fingerprint density at radius 1 is 1.62 bits per heavy atom. The number of aliphatic carboxylic acids is 1. The van der Waals surface area contributed by atoms with Crippen LogP contribution in [0, 0.1) is 0 Å². The van der Waals surface area contributed by atoms with E-state index in [1.54, 1.807) is 0 Å². The average molecular weight is 248 g/mol. The van der Waals surface area contributed by atoms with E-state index < -0.39 is 16.0 Å². The predicted octanol–water partition coefficient (Wildman–Crippen LogP) is -1.28. The van der Waals surface area contributed by atoms with Gasteiger partial charge in [-0.1, -0.05) is 0 Å². The molecule has 0 bridgehead atoms. The lowest BCUT2D eigenvalue weighted by atomic mass is 10.6. The van der Waals surface area contributed by atoms with E-state index in [1.165, 1.54) is 19.1 Å². The summed E-state index contributed by atoms with van der Waals surface area (Å²) in [6.07, 6.45) is 2.24. The molecular weight excluding hydrogens is 236 g/mol. The standard InChI is InChI=1S/C7H12N4O4S/c1-10(2)9-16(14,15)6-3-8-11(4-6)5-7(12)13/h3-4,9H,5H2,1-2H3,(H,12,13). The number of sulfonamides is 1. The van der Waals surface area contributed by atoms with Gasteiger partial charge in [-0.2, -0.15) is 5.10 Å². The van der Waals surface area contributed by atoms with Gasteiger partial charge in [-0.3, -0.25) is 9.48 Å². The van der Waals surface area contributed by atoms with Crippen molar-refractivity contribution in [1.29, 1.82) is 0 Å². The van der Waals surface area contributed by atoms with Gasteiger partial charge in [0, 0.05) is 20.3 Å². The predicted molar refractivity (Wildman–Crippen MR) is 53.9 cm³/mol. The maximum Gasteiger partial charge on any atom is 0.325 e. The highest BCUT2D eigenvalue weighted by Crippen LogP contribution is 2.06. The summed E-state index contributed by atoms with van der Waals surface area (Å²) in [5.41, 5.74) is 0. The number of nitrogens with one attached hydrogen (secondary N) is 1. The first-order valence-electron chi connectivity index (χ1n) is 4.25. The highest BCUT2D eigenvalue weighted by atomic mass is 32.2. The fraction of sp³-hybridized carbons (Fsp3) is 0.429. The van der Waals surface area contributed by atoms with E-state index in [2.05, 4.69) is 9.93 Å². The fourth-order valence-corrected chi connectivity index (χ4v) is 2.03. The molecule has 0 amide bonds. The van der Waals surface area contributed by atoms with Gasteiger partial charge in [0.1, 0.15) is 11.4 Å². The summed E-state index contributed by atoms with van der Waals surface area (Å²) in [4.78, 5) is 12.5. The number of carboxylic acid groups (broad SMARTS) is 1. The Kier molecular flexibility index (Phi) is 3.62. The number of carboxylic acids is 1. The van der Waals surface area contributed by atoms with Crippen LogP contribution in [-0.2, 0) is 21.4 Å². The zero-order valence-electron chi connectivity index (χ0n) is 8.78. The van der Waals surface area contributed by atoms with Crippen molar-refractivity contribution in [3.05, 3.63) is 12.4 Å². The number of carbonyl (C=O) groups is 1. The van der Waals surface area contributed by atoms with E-state index in [1.807, 2.05) is 0 Å². The first-order chi connectivity index (χ1) is 7.31. The lowest BCUT2D eigenvalue weighted by Gasteiger charge is -2.10. The number of hydrogen-bond acceptors (Lipinski definition) is 5. The van der Waals surface area contributed by atoms with Crippen LogP contribution in [0.1, 0.15) is 0 Å². The molecule has 0 fully saturated rings. The third-order valence-corrected chi connectivity index (χ3v) is 2.96. The number of hydrogen-bond donors (Lipinski definition) is 2. The molecular formula is C7H12N4O4S. The average Bonchev–Trinajstić information content (AvgIpc) is 2.49. The van der Waals surface area contributed by atoms with Crippen molar-refractivity contribution in [2.45, 2.75) is 11.4 Å². The van der Waals surface area contributed by atoms with Gasteiger partial charge in [0.15, 0.2) is 0 Å². The van der Waals surface area contributed by atoms with Crippen LogP contribution >= 0.6 is 0 Å². The van der Waals surface area contributed by atoms with Crippen molar-refractivity contribution >= 4 is 16.0 Å². The van der Waals surface area contributed by atoms with Crippen LogP contribution in [0.5, 0.6) is 0 Å². The Morgan fingerprint density at radius 2 is 2.25 bits per heavy atom. The maximum absolute atomic E-state index is 11.6. The molecule has 0 aromatic carbocycles. The van der Waals surface area contributed by atoms with E-state index in [-0.39, 0.29) is 11.4 Å². The zero-order valence-corrected chi connectivity index (χ0v) is 9.60. The van der Waals surface area contributed by atoms with Crippen LogP contribution in [0.25, 0.3) is 0 Å². The second-order valence-corrected chi connectivity index (χ2v) is 4.92. The SMILES string of the molecule is CN(C)NS(=O)(=O)c1cnn(CC(=O)O)c1. The van der Waals surface area contributed by atoms with Crippen molar-refractivity contribution in [2.24, 2.45) is 0 Å². The molecule has 16 heavy (non-hydrogen) atoms. The van der Waals surface area contributed by atoms with Crippen molar-refractivity contribution in [1.82, 2.24) is 19.6 Å². The summed E-state index contributed by atoms with van der Waals surface area (Å²) >= 11 is 0. The van der Waals surface area contributed by atoms with Crippen LogP contribution in [0.15, 0.2) is 17.3 Å². The number of rotatable bonds is 5. The second kappa shape index (κ2) is 4.60. The van der Waals surface area contributed by atoms with Gasteiger partial charge in [0.25, 0.3) is 10.0 Å². The van der Waals surface area contributed by atoms with Gasteiger partial charge >= 0.3 is 5.97 Å². The summed E-state index contributed by atoms with van der Waals surface area (Å²) in [5, 5.41) is 13.4. The monoisotopic (exact) mass is 248 g/mol. The molecule has 0 unspecified atom stereocenters. The third-order valence-electron chi connectivity index (χ3n) is 1.52. The number of aromatic nitrogens is 2. The molecule has 0 aliphatic rings. The van der Waals surface area contributed by atoms with Gasteiger partial charge in [0.05, 0.1) is 6.20 Å². The molecule has 2 N–H and O–H groups in total. The minimum Gasteiger partial charge on any atom is -0.480 e. The van der Waals surface area contributed by atoms with Crippen molar-refractivity contribution in [3.8, 4) is 0 Å².